The minimum atomic E-state index is -0.499. The zero-order chi connectivity index (χ0) is 14.5. The molecule has 0 saturated carbocycles. The molecule has 4 heteroatoms. The van der Waals surface area contributed by atoms with Crippen LogP contribution in [0.1, 0.15) is 12.5 Å². The van der Waals surface area contributed by atoms with E-state index in [1.807, 2.05) is 13.0 Å². The van der Waals surface area contributed by atoms with E-state index in [-0.39, 0.29) is 11.6 Å². The van der Waals surface area contributed by atoms with Gasteiger partial charge in [-0.05, 0) is 35.9 Å². The first kappa shape index (κ1) is 14.5. The molecule has 0 aromatic heterocycles. The fourth-order valence-electron chi connectivity index (χ4n) is 2.01. The van der Waals surface area contributed by atoms with E-state index < -0.39 is 5.82 Å². The molecule has 0 aliphatic heterocycles. The molecule has 0 radical (unpaired) electrons. The Kier molecular flexibility index (Phi) is 4.69. The molecule has 0 saturated heterocycles. The van der Waals surface area contributed by atoms with E-state index in [0.29, 0.717) is 17.7 Å². The van der Waals surface area contributed by atoms with E-state index in [1.165, 1.54) is 25.3 Å². The largest absolute Gasteiger partial charge is 0.494 e. The van der Waals surface area contributed by atoms with Crippen LogP contribution in [0.2, 0.25) is 0 Å². The van der Waals surface area contributed by atoms with Crippen molar-refractivity contribution in [2.45, 2.75) is 13.5 Å². The maximum Gasteiger partial charge on any atom is 0.165 e. The predicted molar refractivity (Wildman–Crippen MR) is 75.7 cm³/mol. The molecule has 0 atom stereocenters. The summed E-state index contributed by atoms with van der Waals surface area (Å²) in [6.07, 6.45) is 0. The summed E-state index contributed by atoms with van der Waals surface area (Å²) >= 11 is 0. The van der Waals surface area contributed by atoms with Crippen LogP contribution in [0.25, 0.3) is 11.1 Å². The summed E-state index contributed by atoms with van der Waals surface area (Å²) in [6.45, 7) is 3.43. The number of hydrogen-bond donors (Lipinski definition) is 1. The third-order valence-electron chi connectivity index (χ3n) is 3.08. The van der Waals surface area contributed by atoms with Crippen LogP contribution in [0.15, 0.2) is 36.4 Å². The molecule has 0 heterocycles. The molecular formula is C16H17F2NO. The smallest absolute Gasteiger partial charge is 0.165 e. The molecule has 106 valence electrons. The summed E-state index contributed by atoms with van der Waals surface area (Å²) in [5.74, 6) is -0.705. The van der Waals surface area contributed by atoms with Crippen molar-refractivity contribution in [1.82, 2.24) is 5.32 Å². The third-order valence-corrected chi connectivity index (χ3v) is 3.08. The highest BCUT2D eigenvalue weighted by Crippen LogP contribution is 2.27. The lowest BCUT2D eigenvalue weighted by Gasteiger charge is -2.08. The summed E-state index contributed by atoms with van der Waals surface area (Å²) < 4.78 is 32.6. The summed E-state index contributed by atoms with van der Waals surface area (Å²) in [5, 5.41) is 3.13. The fourth-order valence-corrected chi connectivity index (χ4v) is 2.01. The highest BCUT2D eigenvalue weighted by molar-refractivity contribution is 5.65. The number of nitrogens with one attached hydrogen (secondary N) is 1. The normalized spacial score (nSPS) is 10.6. The first-order valence-electron chi connectivity index (χ1n) is 6.48. The Hall–Kier alpha value is -1.94. The average Bonchev–Trinajstić information content (AvgIpc) is 2.45. The topological polar surface area (TPSA) is 21.3 Å². The van der Waals surface area contributed by atoms with Gasteiger partial charge in [-0.3, -0.25) is 0 Å². The molecule has 0 fully saturated rings. The third kappa shape index (κ3) is 3.14. The second-order valence-corrected chi connectivity index (χ2v) is 4.44. The molecule has 20 heavy (non-hydrogen) atoms. The summed E-state index contributed by atoms with van der Waals surface area (Å²) in [5.41, 5.74) is 1.74. The van der Waals surface area contributed by atoms with Crippen LogP contribution in [-0.4, -0.2) is 13.7 Å². The molecule has 2 aromatic carbocycles. The zero-order valence-electron chi connectivity index (χ0n) is 11.5. The van der Waals surface area contributed by atoms with E-state index in [1.54, 1.807) is 12.1 Å². The summed E-state index contributed by atoms with van der Waals surface area (Å²) in [7, 11) is 1.40. The van der Waals surface area contributed by atoms with Gasteiger partial charge in [-0.2, -0.15) is 0 Å². The van der Waals surface area contributed by atoms with Crippen molar-refractivity contribution in [2.75, 3.05) is 13.7 Å². The summed E-state index contributed by atoms with van der Waals surface area (Å²) in [6, 6.07) is 9.40. The van der Waals surface area contributed by atoms with Gasteiger partial charge in [0, 0.05) is 12.1 Å². The molecule has 0 amide bonds. The lowest BCUT2D eigenvalue weighted by Crippen LogP contribution is -2.11. The summed E-state index contributed by atoms with van der Waals surface area (Å²) in [4.78, 5) is 0. The monoisotopic (exact) mass is 277 g/mol. The fraction of sp³-hybridized carbons (Fsp3) is 0.250. The molecule has 2 rings (SSSR count). The van der Waals surface area contributed by atoms with Crippen LogP contribution in [0.3, 0.4) is 0 Å². The first-order valence-corrected chi connectivity index (χ1v) is 6.48. The Morgan fingerprint density at radius 3 is 2.45 bits per heavy atom. The van der Waals surface area contributed by atoms with Crippen LogP contribution < -0.4 is 10.1 Å². The number of rotatable bonds is 5. The van der Waals surface area contributed by atoms with E-state index in [9.17, 15) is 8.78 Å². The van der Waals surface area contributed by atoms with Crippen LogP contribution >= 0.6 is 0 Å². The molecule has 0 spiro atoms. The number of halogens is 2. The van der Waals surface area contributed by atoms with Crippen LogP contribution in [0, 0.1) is 11.6 Å². The molecule has 0 bridgehead atoms. The maximum atomic E-state index is 14.1. The maximum absolute atomic E-state index is 14.1. The van der Waals surface area contributed by atoms with Gasteiger partial charge in [0.2, 0.25) is 0 Å². The molecule has 2 aromatic rings. The van der Waals surface area contributed by atoms with E-state index in [0.717, 1.165) is 12.1 Å². The second-order valence-electron chi connectivity index (χ2n) is 4.44. The van der Waals surface area contributed by atoms with Gasteiger partial charge >= 0.3 is 0 Å². The van der Waals surface area contributed by atoms with E-state index in [4.69, 9.17) is 4.74 Å². The lowest BCUT2D eigenvalue weighted by atomic mass is 10.0. The van der Waals surface area contributed by atoms with Gasteiger partial charge < -0.3 is 10.1 Å². The zero-order valence-corrected chi connectivity index (χ0v) is 11.5. The second kappa shape index (κ2) is 6.48. The van der Waals surface area contributed by atoms with Gasteiger partial charge in [0.25, 0.3) is 0 Å². The Labute approximate surface area is 117 Å². The van der Waals surface area contributed by atoms with Gasteiger partial charge in [-0.15, -0.1) is 0 Å². The molecule has 0 aliphatic rings. The van der Waals surface area contributed by atoms with E-state index in [2.05, 4.69) is 5.32 Å². The van der Waals surface area contributed by atoms with Crippen molar-refractivity contribution in [3.63, 3.8) is 0 Å². The van der Waals surface area contributed by atoms with Crippen molar-refractivity contribution in [3.05, 3.63) is 53.6 Å². The molecule has 2 nitrogen and oxygen atoms in total. The molecular weight excluding hydrogens is 260 g/mol. The lowest BCUT2D eigenvalue weighted by molar-refractivity contribution is 0.386. The first-order chi connectivity index (χ1) is 9.65. The van der Waals surface area contributed by atoms with Gasteiger partial charge in [0.15, 0.2) is 11.6 Å². The van der Waals surface area contributed by atoms with E-state index >= 15 is 0 Å². The minimum absolute atomic E-state index is 0.151. The van der Waals surface area contributed by atoms with Gasteiger partial charge in [-0.25, -0.2) is 8.78 Å². The quantitative estimate of drug-likeness (QED) is 0.898. The number of benzene rings is 2. The van der Waals surface area contributed by atoms with Crippen LogP contribution in [-0.2, 0) is 6.54 Å². The van der Waals surface area contributed by atoms with Gasteiger partial charge in [0.1, 0.15) is 5.82 Å². The average molecular weight is 277 g/mol. The Morgan fingerprint density at radius 1 is 1.05 bits per heavy atom. The predicted octanol–water partition coefficient (Wildman–Crippen LogP) is 3.75. The van der Waals surface area contributed by atoms with Gasteiger partial charge in [-0.1, -0.05) is 25.1 Å². The molecule has 1 N–H and O–H groups in total. The Morgan fingerprint density at radius 2 is 1.85 bits per heavy atom. The molecule has 0 unspecified atom stereocenters. The van der Waals surface area contributed by atoms with Crippen LogP contribution in [0.5, 0.6) is 5.75 Å². The highest BCUT2D eigenvalue weighted by atomic mass is 19.1. The number of hydrogen-bond acceptors (Lipinski definition) is 2. The van der Waals surface area contributed by atoms with Crippen molar-refractivity contribution >= 4 is 0 Å². The SMILES string of the molecule is CCNCc1ccc(-c2ccc(OC)c(F)c2)c(F)c1. The van der Waals surface area contributed by atoms with Crippen molar-refractivity contribution in [1.29, 1.82) is 0 Å². The Balaban J connectivity index is 2.31. The minimum Gasteiger partial charge on any atom is -0.494 e. The number of methoxy groups -OCH3 is 1. The van der Waals surface area contributed by atoms with Crippen LogP contribution in [0.4, 0.5) is 8.78 Å². The van der Waals surface area contributed by atoms with Crippen molar-refractivity contribution < 1.29 is 13.5 Å². The highest BCUT2D eigenvalue weighted by Gasteiger charge is 2.09. The molecule has 0 aliphatic carbocycles. The van der Waals surface area contributed by atoms with Gasteiger partial charge in [0.05, 0.1) is 7.11 Å². The van der Waals surface area contributed by atoms with Crippen molar-refractivity contribution in [3.8, 4) is 16.9 Å². The standard InChI is InChI=1S/C16H17F2NO/c1-3-19-10-11-4-6-13(14(17)8-11)12-5-7-16(20-2)15(18)9-12/h4-9,19H,3,10H2,1-2H3. The van der Waals surface area contributed by atoms with Crippen molar-refractivity contribution in [2.24, 2.45) is 0 Å². The number of ether oxygens (including phenoxy) is 1. The Bertz CT molecular complexity index is 599.